The number of nitrogens with zero attached hydrogens (tertiary/aromatic N) is 2. The van der Waals surface area contributed by atoms with Crippen LogP contribution in [-0.4, -0.2) is 29.9 Å². The van der Waals surface area contributed by atoms with Crippen LogP contribution in [0.4, 0.5) is 5.69 Å². The molecule has 0 aromatic heterocycles. The van der Waals surface area contributed by atoms with Crippen LogP contribution in [0.25, 0.3) is 0 Å². The van der Waals surface area contributed by atoms with Gasteiger partial charge in [0.2, 0.25) is 5.91 Å². The monoisotopic (exact) mass is 551 g/mol. The zero-order chi connectivity index (χ0) is 28.1. The molecule has 4 aromatic carbocycles. The molecule has 2 atom stereocenters. The maximum atomic E-state index is 14.5. The fraction of sp³-hybridized carbons (Fsp3) is 0.156. The van der Waals surface area contributed by atoms with Gasteiger partial charge in [-0.05, 0) is 41.0 Å². The van der Waals surface area contributed by atoms with Crippen LogP contribution in [0.15, 0.2) is 126 Å². The number of allylic oxidation sites excluding steroid dienone is 1. The van der Waals surface area contributed by atoms with Gasteiger partial charge in [0.25, 0.3) is 5.70 Å². The molecule has 0 saturated carbocycles. The van der Waals surface area contributed by atoms with E-state index in [4.69, 9.17) is 4.74 Å². The molecule has 0 aliphatic carbocycles. The average Bonchev–Trinajstić information content (AvgIpc) is 3.37. The van der Waals surface area contributed by atoms with Crippen LogP contribution >= 0.6 is 11.8 Å². The fourth-order valence-corrected chi connectivity index (χ4v) is 6.71. The average molecular weight is 552 g/mol. The number of thioether (sulfide) groups is 1. The van der Waals surface area contributed by atoms with Gasteiger partial charge in [-0.15, -0.1) is 0 Å². The smallest absolute Gasteiger partial charge is 0.285 e. The minimum Gasteiger partial charge on any atom is -0.497 e. The Balaban J connectivity index is 1.68. The summed E-state index contributed by atoms with van der Waals surface area (Å²) in [6, 6.07) is 35.4. The van der Waals surface area contributed by atoms with E-state index in [9.17, 15) is 14.9 Å². The Morgan fingerprint density at radius 1 is 0.925 bits per heavy atom. The predicted molar refractivity (Wildman–Crippen MR) is 158 cm³/mol. The van der Waals surface area contributed by atoms with Crippen molar-refractivity contribution in [2.45, 2.75) is 17.2 Å². The summed E-state index contributed by atoms with van der Waals surface area (Å²) in [5.41, 5.74) is 2.96. The molecule has 202 valence electrons. The number of methoxy groups -OCH3 is 1. The van der Waals surface area contributed by atoms with Crippen LogP contribution in [0.2, 0.25) is 0 Å². The standard InChI is InChI=1S/C32H29N3O4S/c1-34(22-23-12-6-3-7-13-23)30-29(35(37)38)28(24-14-8-4-9-15-24)32(40-30,25-16-10-5-11-17-25)31(36)33-26-18-20-27(39-2)21-19-26/h3-21,28H,22H2,1-2H3,(H,33,36)/t28-,32-/m1/s1. The van der Waals surface area contributed by atoms with Gasteiger partial charge in [0.05, 0.1) is 12.0 Å². The van der Waals surface area contributed by atoms with Gasteiger partial charge in [-0.3, -0.25) is 14.9 Å². The number of nitro groups is 1. The Hall–Kier alpha value is -4.56. The highest BCUT2D eigenvalue weighted by Gasteiger charge is 2.61. The number of amides is 1. The SMILES string of the molecule is COc1ccc(NC(=O)[C@]2(c3ccccc3)SC(N(C)Cc3ccccc3)=C([N+](=O)[O-])[C@H]2c2ccccc2)cc1. The van der Waals surface area contributed by atoms with Crippen molar-refractivity contribution in [1.82, 2.24) is 4.90 Å². The number of hydrogen-bond donors (Lipinski definition) is 1. The van der Waals surface area contributed by atoms with Crippen LogP contribution < -0.4 is 10.1 Å². The molecule has 0 spiro atoms. The molecule has 0 radical (unpaired) electrons. The van der Waals surface area contributed by atoms with Gasteiger partial charge in [-0.25, -0.2) is 0 Å². The highest BCUT2D eigenvalue weighted by Crippen LogP contribution is 2.61. The van der Waals surface area contributed by atoms with E-state index in [0.717, 1.165) is 5.56 Å². The first-order valence-electron chi connectivity index (χ1n) is 12.8. The Morgan fingerprint density at radius 3 is 2.08 bits per heavy atom. The van der Waals surface area contributed by atoms with Gasteiger partial charge in [0.15, 0.2) is 0 Å². The van der Waals surface area contributed by atoms with Crippen molar-refractivity contribution in [3.63, 3.8) is 0 Å². The maximum absolute atomic E-state index is 14.5. The lowest BCUT2D eigenvalue weighted by atomic mass is 9.78. The number of nitrogens with one attached hydrogen (secondary N) is 1. The van der Waals surface area contributed by atoms with Gasteiger partial charge in [0.1, 0.15) is 21.4 Å². The Morgan fingerprint density at radius 2 is 1.50 bits per heavy atom. The summed E-state index contributed by atoms with van der Waals surface area (Å²) in [7, 11) is 3.42. The molecule has 0 unspecified atom stereocenters. The van der Waals surface area contributed by atoms with Crippen LogP contribution in [0.3, 0.4) is 0 Å². The molecule has 1 heterocycles. The topological polar surface area (TPSA) is 84.7 Å². The Kier molecular flexibility index (Phi) is 7.89. The number of rotatable bonds is 9. The number of benzene rings is 4. The molecule has 40 heavy (non-hydrogen) atoms. The zero-order valence-electron chi connectivity index (χ0n) is 22.2. The van der Waals surface area contributed by atoms with E-state index in [1.165, 1.54) is 11.8 Å². The lowest BCUT2D eigenvalue weighted by Gasteiger charge is -2.34. The van der Waals surface area contributed by atoms with E-state index in [1.807, 2.05) is 103 Å². The van der Waals surface area contributed by atoms with Crippen molar-refractivity contribution in [2.24, 2.45) is 0 Å². The largest absolute Gasteiger partial charge is 0.497 e. The first kappa shape index (κ1) is 27.0. The van der Waals surface area contributed by atoms with Gasteiger partial charge >= 0.3 is 0 Å². The molecule has 8 heteroatoms. The van der Waals surface area contributed by atoms with Crippen molar-refractivity contribution in [3.05, 3.63) is 153 Å². The van der Waals surface area contributed by atoms with E-state index >= 15 is 0 Å². The van der Waals surface area contributed by atoms with Crippen molar-refractivity contribution in [2.75, 3.05) is 19.5 Å². The first-order chi connectivity index (χ1) is 19.4. The van der Waals surface area contributed by atoms with Gasteiger partial charge in [-0.2, -0.15) is 0 Å². The highest BCUT2D eigenvalue weighted by atomic mass is 32.2. The zero-order valence-corrected chi connectivity index (χ0v) is 23.0. The molecular weight excluding hydrogens is 522 g/mol. The molecule has 0 fully saturated rings. The molecule has 7 nitrogen and oxygen atoms in total. The molecule has 0 saturated heterocycles. The van der Waals surface area contributed by atoms with E-state index < -0.39 is 10.7 Å². The predicted octanol–water partition coefficient (Wildman–Crippen LogP) is 6.64. The van der Waals surface area contributed by atoms with Crippen molar-refractivity contribution >= 4 is 23.4 Å². The third-order valence-corrected chi connectivity index (χ3v) is 8.68. The normalized spacial score (nSPS) is 18.3. The second kappa shape index (κ2) is 11.7. The minimum absolute atomic E-state index is 0.00312. The number of carbonyl (C=O) groups is 1. The van der Waals surface area contributed by atoms with Gasteiger partial charge in [0, 0.05) is 19.3 Å². The highest BCUT2D eigenvalue weighted by molar-refractivity contribution is 8.05. The lowest BCUT2D eigenvalue weighted by molar-refractivity contribution is -0.431. The quantitative estimate of drug-likeness (QED) is 0.186. The van der Waals surface area contributed by atoms with Crippen molar-refractivity contribution < 1.29 is 14.5 Å². The maximum Gasteiger partial charge on any atom is 0.285 e. The van der Waals surface area contributed by atoms with Crippen LogP contribution in [-0.2, 0) is 16.1 Å². The van der Waals surface area contributed by atoms with Crippen LogP contribution in [0.1, 0.15) is 22.6 Å². The van der Waals surface area contributed by atoms with E-state index in [1.54, 1.807) is 31.4 Å². The summed E-state index contributed by atoms with van der Waals surface area (Å²) in [5.74, 6) is -0.539. The third kappa shape index (κ3) is 5.18. The molecule has 0 bridgehead atoms. The van der Waals surface area contributed by atoms with Crippen molar-refractivity contribution in [3.8, 4) is 5.75 Å². The molecule has 4 aromatic rings. The number of ether oxygens (including phenoxy) is 1. The number of anilines is 1. The second-order valence-electron chi connectivity index (χ2n) is 9.52. The molecule has 1 amide bonds. The van der Waals surface area contributed by atoms with Crippen LogP contribution in [0, 0.1) is 10.1 Å². The Bertz CT molecular complexity index is 1510. The fourth-order valence-electron chi connectivity index (χ4n) is 5.12. The molecular formula is C32H29N3O4S. The van der Waals surface area contributed by atoms with Crippen LogP contribution in [0.5, 0.6) is 5.75 Å². The van der Waals surface area contributed by atoms with Gasteiger partial charge < -0.3 is 15.0 Å². The summed E-state index contributed by atoms with van der Waals surface area (Å²) in [4.78, 5) is 29.0. The second-order valence-corrected chi connectivity index (χ2v) is 10.8. The third-order valence-electron chi connectivity index (χ3n) is 6.98. The van der Waals surface area contributed by atoms with E-state index in [-0.39, 0.29) is 16.5 Å². The van der Waals surface area contributed by atoms with E-state index in [0.29, 0.717) is 34.1 Å². The minimum atomic E-state index is -1.36. The van der Waals surface area contributed by atoms with Crippen molar-refractivity contribution in [1.29, 1.82) is 0 Å². The first-order valence-corrected chi connectivity index (χ1v) is 13.6. The lowest BCUT2D eigenvalue weighted by Crippen LogP contribution is -2.42. The molecule has 1 aliphatic rings. The Labute approximate surface area is 237 Å². The summed E-state index contributed by atoms with van der Waals surface area (Å²) in [6.45, 7) is 0.451. The number of carbonyl (C=O) groups excluding carboxylic acids is 1. The summed E-state index contributed by atoms with van der Waals surface area (Å²) < 4.78 is 3.91. The summed E-state index contributed by atoms with van der Waals surface area (Å²) in [5, 5.41) is 16.4. The van der Waals surface area contributed by atoms with E-state index in [2.05, 4.69) is 5.32 Å². The van der Waals surface area contributed by atoms with Gasteiger partial charge in [-0.1, -0.05) is 103 Å². The summed E-state index contributed by atoms with van der Waals surface area (Å²) in [6.07, 6.45) is 0. The number of hydrogen-bond acceptors (Lipinski definition) is 6. The molecule has 1 N–H and O–H groups in total. The summed E-state index contributed by atoms with van der Waals surface area (Å²) >= 11 is 1.24. The molecule has 5 rings (SSSR count). The molecule has 1 aliphatic heterocycles.